The predicted molar refractivity (Wildman–Crippen MR) is 177 cm³/mol. The number of nitrogens with zero attached hydrogens (tertiary/aromatic N) is 5. The van der Waals surface area contributed by atoms with E-state index in [0.717, 1.165) is 16.3 Å². The average molecular weight is 642 g/mol. The highest BCUT2D eigenvalue weighted by atomic mass is 35.5. The number of carbonyl (C=O) groups is 2. The molecule has 9 nitrogen and oxygen atoms in total. The van der Waals surface area contributed by atoms with Crippen LogP contribution in [0.3, 0.4) is 0 Å². The maximum atomic E-state index is 14.3. The lowest BCUT2D eigenvalue weighted by Gasteiger charge is -2.35. The minimum atomic E-state index is -0.270. The van der Waals surface area contributed by atoms with Crippen LogP contribution in [0.2, 0.25) is 10.0 Å². The van der Waals surface area contributed by atoms with Gasteiger partial charge in [0.25, 0.3) is 17.4 Å². The molecular formula is C34H30Cl2N6O3. The summed E-state index contributed by atoms with van der Waals surface area (Å²) in [6.07, 6.45) is 3.90. The van der Waals surface area contributed by atoms with Gasteiger partial charge in [-0.3, -0.25) is 19.4 Å². The third-order valence-electron chi connectivity index (χ3n) is 8.10. The van der Waals surface area contributed by atoms with E-state index in [1.165, 1.54) is 0 Å². The number of amides is 2. The fourth-order valence-corrected chi connectivity index (χ4v) is 5.98. The second kappa shape index (κ2) is 12.3. The van der Waals surface area contributed by atoms with Crippen molar-refractivity contribution in [3.05, 3.63) is 127 Å². The van der Waals surface area contributed by atoms with Crippen molar-refractivity contribution in [2.24, 2.45) is 0 Å². The lowest BCUT2D eigenvalue weighted by atomic mass is 9.98. The molecule has 5 aromatic rings. The number of halogens is 2. The summed E-state index contributed by atoms with van der Waals surface area (Å²) in [7, 11) is 3.45. The molecule has 45 heavy (non-hydrogen) atoms. The molecule has 0 spiro atoms. The Labute approximate surface area is 270 Å². The van der Waals surface area contributed by atoms with Crippen molar-refractivity contribution in [3.8, 4) is 5.69 Å². The molecule has 0 saturated heterocycles. The molecule has 11 heteroatoms. The SMILES string of the molecule is CNC(=O)c1ccc(-n2c(N(C)Cc3ccc4cnccc4c3)nc3c(c2=O)C[C@@H](C)N(C(=O)c2ccc(Cl)c(Cl)c2)C3)cc1. The first-order chi connectivity index (χ1) is 21.6. The second-order valence-electron chi connectivity index (χ2n) is 11.1. The molecule has 1 atom stereocenters. The topological polar surface area (TPSA) is 100 Å². The Morgan fingerprint density at radius 1 is 0.978 bits per heavy atom. The smallest absolute Gasteiger partial charge is 0.263 e. The quantitative estimate of drug-likeness (QED) is 0.257. The molecule has 1 aliphatic rings. The number of carbonyl (C=O) groups excluding carboxylic acids is 2. The molecule has 0 aliphatic carbocycles. The number of hydrogen-bond donors (Lipinski definition) is 1. The Bertz CT molecular complexity index is 2010. The molecule has 3 aromatic carbocycles. The van der Waals surface area contributed by atoms with Crippen molar-refractivity contribution < 1.29 is 9.59 Å². The van der Waals surface area contributed by atoms with Crippen LogP contribution in [0.15, 0.2) is 83.9 Å². The summed E-state index contributed by atoms with van der Waals surface area (Å²) in [5.41, 5.74) is 3.36. The maximum absolute atomic E-state index is 14.3. The summed E-state index contributed by atoms with van der Waals surface area (Å²) in [5, 5.41) is 5.37. The summed E-state index contributed by atoms with van der Waals surface area (Å²) in [5.74, 6) is -0.0253. The number of fused-ring (bicyclic) bond motifs is 2. The Kier molecular flexibility index (Phi) is 8.31. The Morgan fingerprint density at radius 3 is 2.47 bits per heavy atom. The van der Waals surface area contributed by atoms with Crippen molar-refractivity contribution in [1.82, 2.24) is 24.8 Å². The summed E-state index contributed by atoms with van der Waals surface area (Å²) in [6, 6.07) is 19.5. The van der Waals surface area contributed by atoms with Gasteiger partial charge in [-0.05, 0) is 78.9 Å². The van der Waals surface area contributed by atoms with Crippen LogP contribution in [0, 0.1) is 0 Å². The van der Waals surface area contributed by atoms with E-state index in [2.05, 4.69) is 16.4 Å². The van der Waals surface area contributed by atoms with Crippen LogP contribution >= 0.6 is 23.2 Å². The van der Waals surface area contributed by atoms with Crippen molar-refractivity contribution in [2.45, 2.75) is 32.5 Å². The van der Waals surface area contributed by atoms with Gasteiger partial charge in [-0.2, -0.15) is 0 Å². The number of nitrogens with one attached hydrogen (secondary N) is 1. The number of hydrogen-bond acceptors (Lipinski definition) is 6. The maximum Gasteiger partial charge on any atom is 0.263 e. The summed E-state index contributed by atoms with van der Waals surface area (Å²) in [6.45, 7) is 2.53. The zero-order valence-electron chi connectivity index (χ0n) is 24.9. The van der Waals surface area contributed by atoms with Crippen LogP contribution in [-0.2, 0) is 19.5 Å². The van der Waals surface area contributed by atoms with Gasteiger partial charge in [-0.1, -0.05) is 35.3 Å². The standard InChI is InChI=1S/C34H30Cl2N6O3/c1-20-14-27-30(19-41(20)32(44)24-8-11-28(35)29(36)16-24)39-34(40(3)18-21-4-5-25-17-38-13-12-23(25)15-21)42(33(27)45)26-9-6-22(7-10-26)31(43)37-2/h4-13,15-17,20H,14,18-19H2,1-3H3,(H,37,43)/t20-/m1/s1. The van der Waals surface area contributed by atoms with Crippen LogP contribution in [-0.4, -0.2) is 51.4 Å². The number of pyridine rings is 1. The minimum Gasteiger partial charge on any atom is -0.355 e. The second-order valence-corrected chi connectivity index (χ2v) is 11.9. The normalized spacial score (nSPS) is 14.2. The van der Waals surface area contributed by atoms with Crippen molar-refractivity contribution in [3.63, 3.8) is 0 Å². The van der Waals surface area contributed by atoms with Gasteiger partial charge in [0.2, 0.25) is 5.95 Å². The number of anilines is 1. The molecule has 3 heterocycles. The Balaban J connectivity index is 1.42. The number of benzene rings is 3. The summed E-state index contributed by atoms with van der Waals surface area (Å²) < 4.78 is 1.58. The van der Waals surface area contributed by atoms with E-state index in [0.29, 0.717) is 57.0 Å². The highest BCUT2D eigenvalue weighted by molar-refractivity contribution is 6.42. The van der Waals surface area contributed by atoms with E-state index >= 15 is 0 Å². The zero-order valence-corrected chi connectivity index (χ0v) is 26.4. The van der Waals surface area contributed by atoms with Gasteiger partial charge < -0.3 is 15.1 Å². The van der Waals surface area contributed by atoms with E-state index in [1.807, 2.05) is 43.3 Å². The third-order valence-corrected chi connectivity index (χ3v) is 8.84. The monoisotopic (exact) mass is 640 g/mol. The molecule has 0 bridgehead atoms. The van der Waals surface area contributed by atoms with Crippen molar-refractivity contribution in [2.75, 3.05) is 19.0 Å². The van der Waals surface area contributed by atoms with Gasteiger partial charge in [-0.15, -0.1) is 0 Å². The van der Waals surface area contributed by atoms with E-state index in [1.54, 1.807) is 65.2 Å². The largest absolute Gasteiger partial charge is 0.355 e. The fourth-order valence-electron chi connectivity index (χ4n) is 5.68. The molecule has 0 fully saturated rings. The summed E-state index contributed by atoms with van der Waals surface area (Å²) >= 11 is 12.3. The van der Waals surface area contributed by atoms with Gasteiger partial charge in [-0.25, -0.2) is 9.55 Å². The molecule has 0 radical (unpaired) electrons. The van der Waals surface area contributed by atoms with Gasteiger partial charge in [0.1, 0.15) is 0 Å². The Morgan fingerprint density at radius 2 is 1.73 bits per heavy atom. The first kappa shape index (κ1) is 30.3. The van der Waals surface area contributed by atoms with Crippen LogP contribution < -0.4 is 15.8 Å². The molecular weight excluding hydrogens is 611 g/mol. The molecule has 2 aromatic heterocycles. The van der Waals surface area contributed by atoms with Crippen molar-refractivity contribution in [1.29, 1.82) is 0 Å². The highest BCUT2D eigenvalue weighted by Crippen LogP contribution is 2.28. The molecule has 0 unspecified atom stereocenters. The van der Waals surface area contributed by atoms with E-state index in [4.69, 9.17) is 28.2 Å². The third kappa shape index (κ3) is 5.89. The van der Waals surface area contributed by atoms with Gasteiger partial charge in [0.05, 0.1) is 28.0 Å². The van der Waals surface area contributed by atoms with Crippen LogP contribution in [0.5, 0.6) is 0 Å². The first-order valence-corrected chi connectivity index (χ1v) is 15.2. The van der Waals surface area contributed by atoms with Gasteiger partial charge in [0, 0.05) is 61.2 Å². The highest BCUT2D eigenvalue weighted by Gasteiger charge is 2.32. The molecule has 228 valence electrons. The molecule has 1 N–H and O–H groups in total. The predicted octanol–water partition coefficient (Wildman–Crippen LogP) is 5.67. The minimum absolute atomic E-state index is 0.158. The molecule has 0 saturated carbocycles. The van der Waals surface area contributed by atoms with E-state index < -0.39 is 0 Å². The number of rotatable bonds is 6. The molecule has 2 amide bonds. The van der Waals surface area contributed by atoms with Crippen LogP contribution in [0.25, 0.3) is 16.5 Å². The van der Waals surface area contributed by atoms with Crippen LogP contribution in [0.4, 0.5) is 5.95 Å². The Hall–Kier alpha value is -4.73. The van der Waals surface area contributed by atoms with Gasteiger partial charge >= 0.3 is 0 Å². The fraction of sp³-hybridized carbons (Fsp3) is 0.206. The van der Waals surface area contributed by atoms with Gasteiger partial charge in [0.15, 0.2) is 0 Å². The molecule has 6 rings (SSSR count). The zero-order chi connectivity index (χ0) is 31.8. The molecule has 1 aliphatic heterocycles. The van der Waals surface area contributed by atoms with Crippen LogP contribution in [0.1, 0.15) is 44.5 Å². The number of aromatic nitrogens is 3. The first-order valence-electron chi connectivity index (χ1n) is 14.4. The lowest BCUT2D eigenvalue weighted by Crippen LogP contribution is -2.46. The lowest BCUT2D eigenvalue weighted by molar-refractivity contribution is 0.0653. The van der Waals surface area contributed by atoms with E-state index in [-0.39, 0.29) is 30.0 Å². The van der Waals surface area contributed by atoms with Crippen molar-refractivity contribution >= 4 is 51.7 Å². The summed E-state index contributed by atoms with van der Waals surface area (Å²) in [4.78, 5) is 52.9. The van der Waals surface area contributed by atoms with E-state index in [9.17, 15) is 14.4 Å². The average Bonchev–Trinajstić information content (AvgIpc) is 3.05.